The monoisotopic (exact) mass is 253 g/mol. The van der Waals surface area contributed by atoms with Gasteiger partial charge in [-0.05, 0) is 44.7 Å². The zero-order chi connectivity index (χ0) is 12.8. The third-order valence-electron chi connectivity index (χ3n) is 3.84. The SMILES string of the molecule is O=C1CN(C(=O)CCC2CCNCC2)CCCN1. The van der Waals surface area contributed by atoms with Gasteiger partial charge in [0.2, 0.25) is 11.8 Å². The van der Waals surface area contributed by atoms with Gasteiger partial charge in [-0.25, -0.2) is 0 Å². The highest BCUT2D eigenvalue weighted by Crippen LogP contribution is 2.18. The maximum atomic E-state index is 12.1. The molecular weight excluding hydrogens is 230 g/mol. The molecule has 102 valence electrons. The second-order valence-electron chi connectivity index (χ2n) is 5.25. The lowest BCUT2D eigenvalue weighted by Gasteiger charge is -2.24. The molecule has 0 radical (unpaired) electrons. The van der Waals surface area contributed by atoms with E-state index in [0.717, 1.165) is 25.9 Å². The van der Waals surface area contributed by atoms with Crippen LogP contribution in [0.3, 0.4) is 0 Å². The van der Waals surface area contributed by atoms with E-state index >= 15 is 0 Å². The van der Waals surface area contributed by atoms with E-state index in [2.05, 4.69) is 10.6 Å². The van der Waals surface area contributed by atoms with Gasteiger partial charge >= 0.3 is 0 Å². The minimum absolute atomic E-state index is 0.0253. The first-order valence-corrected chi connectivity index (χ1v) is 7.01. The van der Waals surface area contributed by atoms with Crippen molar-refractivity contribution in [2.24, 2.45) is 5.92 Å². The number of nitrogens with zero attached hydrogens (tertiary/aromatic N) is 1. The summed E-state index contributed by atoms with van der Waals surface area (Å²) in [6.45, 7) is 3.79. The Morgan fingerprint density at radius 1 is 1.28 bits per heavy atom. The minimum atomic E-state index is -0.0253. The van der Waals surface area contributed by atoms with Gasteiger partial charge < -0.3 is 15.5 Å². The minimum Gasteiger partial charge on any atom is -0.354 e. The Balaban J connectivity index is 1.74. The Bertz CT molecular complexity index is 301. The Kier molecular flexibility index (Phi) is 4.99. The number of nitrogens with one attached hydrogen (secondary N) is 2. The van der Waals surface area contributed by atoms with Crippen LogP contribution in [0.25, 0.3) is 0 Å². The summed E-state index contributed by atoms with van der Waals surface area (Å²) in [6, 6.07) is 0. The van der Waals surface area contributed by atoms with E-state index < -0.39 is 0 Å². The molecule has 2 saturated heterocycles. The average Bonchev–Trinajstić information content (AvgIpc) is 2.62. The van der Waals surface area contributed by atoms with Crippen molar-refractivity contribution < 1.29 is 9.59 Å². The van der Waals surface area contributed by atoms with Gasteiger partial charge in [-0.15, -0.1) is 0 Å². The van der Waals surface area contributed by atoms with Crippen molar-refractivity contribution in [3.8, 4) is 0 Å². The van der Waals surface area contributed by atoms with Gasteiger partial charge in [-0.3, -0.25) is 9.59 Å². The summed E-state index contributed by atoms with van der Waals surface area (Å²) < 4.78 is 0. The molecule has 0 bridgehead atoms. The van der Waals surface area contributed by atoms with E-state index in [1.54, 1.807) is 4.90 Å². The zero-order valence-corrected chi connectivity index (χ0v) is 10.9. The number of carbonyl (C=O) groups is 2. The fraction of sp³-hybridized carbons (Fsp3) is 0.846. The standard InChI is InChI=1S/C13H23N3O2/c17-12-10-16(9-1-6-15-12)13(18)3-2-11-4-7-14-8-5-11/h11,14H,1-10H2,(H,15,17). The maximum Gasteiger partial charge on any atom is 0.239 e. The Morgan fingerprint density at radius 3 is 2.83 bits per heavy atom. The molecule has 2 rings (SSSR count). The fourth-order valence-electron chi connectivity index (χ4n) is 2.68. The van der Waals surface area contributed by atoms with E-state index in [4.69, 9.17) is 0 Å². The van der Waals surface area contributed by atoms with Gasteiger partial charge in [0, 0.05) is 19.5 Å². The van der Waals surface area contributed by atoms with Crippen molar-refractivity contribution in [1.82, 2.24) is 15.5 Å². The zero-order valence-electron chi connectivity index (χ0n) is 10.9. The van der Waals surface area contributed by atoms with Crippen molar-refractivity contribution in [1.29, 1.82) is 0 Å². The second-order valence-corrected chi connectivity index (χ2v) is 5.25. The summed E-state index contributed by atoms with van der Waals surface area (Å²) in [7, 11) is 0. The lowest BCUT2D eigenvalue weighted by molar-refractivity contribution is -0.135. The number of piperidine rings is 1. The quantitative estimate of drug-likeness (QED) is 0.751. The first-order chi connectivity index (χ1) is 8.75. The molecule has 2 N–H and O–H groups in total. The van der Waals surface area contributed by atoms with Gasteiger partial charge in [0.1, 0.15) is 0 Å². The molecule has 2 aliphatic heterocycles. The molecule has 2 amide bonds. The third-order valence-corrected chi connectivity index (χ3v) is 3.84. The molecule has 0 unspecified atom stereocenters. The number of amides is 2. The highest BCUT2D eigenvalue weighted by atomic mass is 16.2. The van der Waals surface area contributed by atoms with Crippen molar-refractivity contribution >= 4 is 11.8 Å². The first kappa shape index (κ1) is 13.3. The predicted octanol–water partition coefficient (Wildman–Crippen LogP) is 0.115. The number of rotatable bonds is 3. The van der Waals surface area contributed by atoms with Crippen LogP contribution in [0.4, 0.5) is 0 Å². The predicted molar refractivity (Wildman–Crippen MR) is 69.0 cm³/mol. The van der Waals surface area contributed by atoms with Gasteiger partial charge in [-0.2, -0.15) is 0 Å². The Morgan fingerprint density at radius 2 is 2.06 bits per heavy atom. The average molecular weight is 253 g/mol. The normalized spacial score (nSPS) is 22.4. The molecule has 0 aromatic carbocycles. The van der Waals surface area contributed by atoms with Crippen LogP contribution in [-0.2, 0) is 9.59 Å². The van der Waals surface area contributed by atoms with Crippen LogP contribution in [0.2, 0.25) is 0 Å². The Labute approximate surface area is 108 Å². The van der Waals surface area contributed by atoms with Gasteiger partial charge in [-0.1, -0.05) is 0 Å². The van der Waals surface area contributed by atoms with E-state index in [0.29, 0.717) is 25.4 Å². The summed E-state index contributed by atoms with van der Waals surface area (Å²) in [5.74, 6) is 0.796. The fourth-order valence-corrected chi connectivity index (χ4v) is 2.68. The third kappa shape index (κ3) is 3.98. The van der Waals surface area contributed by atoms with Crippen LogP contribution in [-0.4, -0.2) is 49.4 Å². The van der Waals surface area contributed by atoms with Crippen LogP contribution in [0.5, 0.6) is 0 Å². The largest absolute Gasteiger partial charge is 0.354 e. The van der Waals surface area contributed by atoms with Gasteiger partial charge in [0.25, 0.3) is 0 Å². The van der Waals surface area contributed by atoms with Crippen molar-refractivity contribution in [2.45, 2.75) is 32.1 Å². The number of hydrogen-bond acceptors (Lipinski definition) is 3. The smallest absolute Gasteiger partial charge is 0.239 e. The van der Waals surface area contributed by atoms with E-state index in [-0.39, 0.29) is 18.4 Å². The molecule has 0 aromatic heterocycles. The molecule has 2 fully saturated rings. The summed E-state index contributed by atoms with van der Waals surface area (Å²) in [6.07, 6.45) is 4.78. The molecule has 2 aliphatic rings. The Hall–Kier alpha value is -1.10. The summed E-state index contributed by atoms with van der Waals surface area (Å²) in [4.78, 5) is 25.2. The highest BCUT2D eigenvalue weighted by molar-refractivity contribution is 5.85. The van der Waals surface area contributed by atoms with Crippen molar-refractivity contribution in [2.75, 3.05) is 32.7 Å². The summed E-state index contributed by atoms with van der Waals surface area (Å²) in [5, 5.41) is 6.13. The van der Waals surface area contributed by atoms with Crippen molar-refractivity contribution in [3.63, 3.8) is 0 Å². The molecule has 2 heterocycles. The topological polar surface area (TPSA) is 61.4 Å². The van der Waals surface area contributed by atoms with E-state index in [9.17, 15) is 9.59 Å². The maximum absolute atomic E-state index is 12.1. The molecule has 0 atom stereocenters. The van der Waals surface area contributed by atoms with E-state index in [1.807, 2.05) is 0 Å². The lowest BCUT2D eigenvalue weighted by atomic mass is 9.93. The molecule has 5 nitrogen and oxygen atoms in total. The molecule has 0 saturated carbocycles. The molecule has 18 heavy (non-hydrogen) atoms. The lowest BCUT2D eigenvalue weighted by Crippen LogP contribution is -2.37. The molecule has 0 aromatic rings. The van der Waals surface area contributed by atoms with Crippen LogP contribution >= 0.6 is 0 Å². The van der Waals surface area contributed by atoms with Gasteiger partial charge in [0.05, 0.1) is 6.54 Å². The highest BCUT2D eigenvalue weighted by Gasteiger charge is 2.21. The second kappa shape index (κ2) is 6.73. The molecular formula is C13H23N3O2. The van der Waals surface area contributed by atoms with Crippen LogP contribution < -0.4 is 10.6 Å². The van der Waals surface area contributed by atoms with Crippen LogP contribution in [0.15, 0.2) is 0 Å². The van der Waals surface area contributed by atoms with Crippen LogP contribution in [0.1, 0.15) is 32.1 Å². The summed E-state index contributed by atoms with van der Waals surface area (Å²) >= 11 is 0. The van der Waals surface area contributed by atoms with Crippen LogP contribution in [0, 0.1) is 5.92 Å². The van der Waals surface area contributed by atoms with Gasteiger partial charge in [0.15, 0.2) is 0 Å². The van der Waals surface area contributed by atoms with Crippen molar-refractivity contribution in [3.05, 3.63) is 0 Å². The number of carbonyl (C=O) groups excluding carboxylic acids is 2. The molecule has 5 heteroatoms. The van der Waals surface area contributed by atoms with E-state index in [1.165, 1.54) is 12.8 Å². The molecule has 0 spiro atoms. The summed E-state index contributed by atoms with van der Waals surface area (Å²) in [5.41, 5.74) is 0. The number of hydrogen-bond donors (Lipinski definition) is 2. The molecule has 0 aliphatic carbocycles. The first-order valence-electron chi connectivity index (χ1n) is 7.01.